The van der Waals surface area contributed by atoms with Crippen LogP contribution in [0.1, 0.15) is 58.1 Å². The second kappa shape index (κ2) is 14.9. The van der Waals surface area contributed by atoms with Crippen molar-refractivity contribution in [1.29, 1.82) is 0 Å². The van der Waals surface area contributed by atoms with Crippen LogP contribution in [0.2, 0.25) is 0 Å². The molecule has 36 heavy (non-hydrogen) atoms. The second-order valence-electron chi connectivity index (χ2n) is 9.24. The van der Waals surface area contributed by atoms with Crippen molar-refractivity contribution in [2.75, 3.05) is 6.54 Å². The second-order valence-corrected chi connectivity index (χ2v) is 9.24. The molecular weight excluding hydrogens is 462 g/mol. The molecule has 0 saturated heterocycles. The number of rotatable bonds is 13. The van der Waals surface area contributed by atoms with Gasteiger partial charge in [-0.1, -0.05) is 74.0 Å². The van der Waals surface area contributed by atoms with Crippen molar-refractivity contribution in [2.45, 2.75) is 71.8 Å². The molecule has 0 aromatic heterocycles. The van der Waals surface area contributed by atoms with Gasteiger partial charge in [-0.3, -0.25) is 9.63 Å². The average molecular weight is 500 g/mol. The number of carbonyl (C=O) groups is 3. The predicted molar refractivity (Wildman–Crippen MR) is 135 cm³/mol. The monoisotopic (exact) mass is 499 g/mol. The zero-order valence-electron chi connectivity index (χ0n) is 21.5. The van der Waals surface area contributed by atoms with Crippen LogP contribution in [0.5, 0.6) is 0 Å². The number of ether oxygens (including phenoxy) is 2. The Kier molecular flexibility index (Phi) is 11.9. The van der Waals surface area contributed by atoms with Gasteiger partial charge in [-0.15, -0.1) is 5.59 Å². The smallest absolute Gasteiger partial charge is 0.334 e. The highest BCUT2D eigenvalue weighted by molar-refractivity contribution is 5.83. The fourth-order valence-corrected chi connectivity index (χ4v) is 3.11. The van der Waals surface area contributed by atoms with Crippen molar-refractivity contribution in [1.82, 2.24) is 15.9 Å². The van der Waals surface area contributed by atoms with Crippen LogP contribution in [0.25, 0.3) is 0 Å². The van der Waals surface area contributed by atoms with E-state index in [-0.39, 0.29) is 26.2 Å². The van der Waals surface area contributed by atoms with Crippen molar-refractivity contribution in [3.63, 3.8) is 0 Å². The molecule has 0 aliphatic carbocycles. The molecule has 2 aromatic carbocycles. The number of hydrazine groups is 1. The highest BCUT2D eigenvalue weighted by atomic mass is 16.7. The molecule has 0 bridgehead atoms. The van der Waals surface area contributed by atoms with Crippen LogP contribution in [0.4, 0.5) is 4.79 Å². The van der Waals surface area contributed by atoms with Crippen LogP contribution >= 0.6 is 0 Å². The highest BCUT2D eigenvalue weighted by Gasteiger charge is 2.28. The van der Waals surface area contributed by atoms with E-state index < -0.39 is 29.6 Å². The molecular formula is C27H37N3O6. The van der Waals surface area contributed by atoms with Crippen molar-refractivity contribution in [3.8, 4) is 0 Å². The molecule has 0 saturated carbocycles. The summed E-state index contributed by atoms with van der Waals surface area (Å²) in [6.45, 7) is 7.49. The van der Waals surface area contributed by atoms with E-state index in [0.29, 0.717) is 12.8 Å². The van der Waals surface area contributed by atoms with E-state index in [1.807, 2.05) is 67.6 Å². The number of hydrogen-bond acceptors (Lipinski definition) is 7. The first kappa shape index (κ1) is 28.8. The van der Waals surface area contributed by atoms with Crippen LogP contribution < -0.4 is 10.9 Å². The van der Waals surface area contributed by atoms with Crippen LogP contribution in [-0.2, 0) is 37.1 Å². The summed E-state index contributed by atoms with van der Waals surface area (Å²) in [6, 6.07) is 17.3. The summed E-state index contributed by atoms with van der Waals surface area (Å²) >= 11 is 0. The minimum atomic E-state index is -0.842. The fraction of sp³-hybridized carbons (Fsp3) is 0.444. The normalized spacial score (nSPS) is 11.9. The molecule has 0 radical (unpaired) electrons. The first-order valence-corrected chi connectivity index (χ1v) is 12.1. The number of nitrogens with one attached hydrogen (secondary N) is 2. The first-order valence-electron chi connectivity index (χ1n) is 12.1. The molecule has 0 aliphatic heterocycles. The zero-order valence-corrected chi connectivity index (χ0v) is 21.5. The lowest BCUT2D eigenvalue weighted by Gasteiger charge is -2.27. The van der Waals surface area contributed by atoms with Crippen molar-refractivity contribution in [2.24, 2.45) is 0 Å². The van der Waals surface area contributed by atoms with Gasteiger partial charge in [-0.05, 0) is 38.3 Å². The third kappa shape index (κ3) is 11.3. The number of esters is 2. The van der Waals surface area contributed by atoms with E-state index in [1.165, 1.54) is 0 Å². The van der Waals surface area contributed by atoms with Crippen molar-refractivity contribution in [3.05, 3.63) is 71.8 Å². The zero-order chi connectivity index (χ0) is 26.4. The first-order chi connectivity index (χ1) is 17.2. The minimum Gasteiger partial charge on any atom is -0.461 e. The number of hydrogen-bond donors (Lipinski definition) is 2. The van der Waals surface area contributed by atoms with Gasteiger partial charge in [-0.25, -0.2) is 14.6 Å². The van der Waals surface area contributed by atoms with Gasteiger partial charge in [0.2, 0.25) is 0 Å². The van der Waals surface area contributed by atoms with E-state index in [9.17, 15) is 14.4 Å². The largest absolute Gasteiger partial charge is 0.461 e. The summed E-state index contributed by atoms with van der Waals surface area (Å²) in [6.07, 6.45) is 0.985. The Morgan fingerprint density at radius 2 is 1.50 bits per heavy atom. The molecule has 9 heteroatoms. The average Bonchev–Trinajstić information content (AvgIpc) is 2.84. The van der Waals surface area contributed by atoms with Crippen LogP contribution in [0, 0.1) is 0 Å². The summed E-state index contributed by atoms with van der Waals surface area (Å²) in [5.74, 6) is -0.996. The van der Waals surface area contributed by atoms with Gasteiger partial charge < -0.3 is 14.8 Å². The molecule has 1 atom stereocenters. The van der Waals surface area contributed by atoms with E-state index >= 15 is 0 Å². The van der Waals surface area contributed by atoms with E-state index in [2.05, 4.69) is 10.9 Å². The van der Waals surface area contributed by atoms with E-state index in [4.69, 9.17) is 14.3 Å². The maximum Gasteiger partial charge on any atom is 0.334 e. The summed E-state index contributed by atoms with van der Waals surface area (Å²) in [7, 11) is 0. The molecule has 0 aliphatic rings. The lowest BCUT2D eigenvalue weighted by atomic mass is 10.1. The Morgan fingerprint density at radius 3 is 2.06 bits per heavy atom. The Morgan fingerprint density at radius 1 is 0.917 bits per heavy atom. The summed E-state index contributed by atoms with van der Waals surface area (Å²) < 4.78 is 10.8. The van der Waals surface area contributed by atoms with E-state index in [0.717, 1.165) is 16.1 Å². The van der Waals surface area contributed by atoms with Gasteiger partial charge in [0, 0.05) is 0 Å². The van der Waals surface area contributed by atoms with Crippen LogP contribution in [0.15, 0.2) is 60.7 Å². The summed E-state index contributed by atoms with van der Waals surface area (Å²) in [5.41, 5.74) is 3.66. The lowest BCUT2D eigenvalue weighted by Crippen LogP contribution is -2.54. The molecule has 0 spiro atoms. The summed E-state index contributed by atoms with van der Waals surface area (Å²) in [5, 5.41) is 3.80. The third-order valence-electron chi connectivity index (χ3n) is 4.85. The van der Waals surface area contributed by atoms with Gasteiger partial charge in [0.15, 0.2) is 0 Å². The van der Waals surface area contributed by atoms with Gasteiger partial charge in [0.1, 0.15) is 18.2 Å². The molecule has 2 N–H and O–H groups in total. The molecule has 0 fully saturated rings. The van der Waals surface area contributed by atoms with Crippen LogP contribution in [-0.4, -0.2) is 41.2 Å². The minimum absolute atomic E-state index is 0.0403. The Balaban J connectivity index is 1.99. The van der Waals surface area contributed by atoms with Crippen molar-refractivity contribution >= 4 is 18.0 Å². The van der Waals surface area contributed by atoms with Crippen LogP contribution in [0.3, 0.4) is 0 Å². The Hall–Kier alpha value is -3.43. The highest BCUT2D eigenvalue weighted by Crippen LogP contribution is 2.11. The maximum atomic E-state index is 13.0. The topological polar surface area (TPSA) is 106 Å². The van der Waals surface area contributed by atoms with Gasteiger partial charge in [0.05, 0.1) is 19.6 Å². The lowest BCUT2D eigenvalue weighted by molar-refractivity contribution is -0.157. The molecule has 2 aromatic rings. The van der Waals surface area contributed by atoms with Gasteiger partial charge >= 0.3 is 18.0 Å². The number of urea groups is 1. The SMILES string of the molecule is CCC[C@H](NC(=O)N(CCC(=O)OCc1ccccc1)NOCc1ccccc1)C(=O)OC(C)(C)C. The molecule has 2 rings (SSSR count). The number of amides is 2. The third-order valence-corrected chi connectivity index (χ3v) is 4.85. The standard InChI is InChI=1S/C27H37N3O6/c1-5-12-23(25(32)36-27(2,3)4)28-26(33)30(29-35-20-22-15-10-7-11-16-22)18-17-24(31)34-19-21-13-8-6-9-14-21/h6-11,13-16,23,29H,5,12,17-20H2,1-4H3,(H,28,33)/t23-/m0/s1. The number of carbonyl (C=O) groups excluding carboxylic acids is 3. The Labute approximate surface area is 213 Å². The Bertz CT molecular complexity index is 947. The molecule has 0 unspecified atom stereocenters. The fourth-order valence-electron chi connectivity index (χ4n) is 3.11. The molecule has 196 valence electrons. The van der Waals surface area contributed by atoms with Crippen molar-refractivity contribution < 1.29 is 28.7 Å². The maximum absolute atomic E-state index is 13.0. The predicted octanol–water partition coefficient (Wildman–Crippen LogP) is 4.28. The number of benzene rings is 2. The number of nitrogens with zero attached hydrogens (tertiary/aromatic N) is 1. The molecule has 2 amide bonds. The summed E-state index contributed by atoms with van der Waals surface area (Å²) in [4.78, 5) is 43.5. The molecule has 9 nitrogen and oxygen atoms in total. The quantitative estimate of drug-likeness (QED) is 0.313. The molecule has 0 heterocycles. The van der Waals surface area contributed by atoms with Gasteiger partial charge in [0.25, 0.3) is 0 Å². The van der Waals surface area contributed by atoms with Gasteiger partial charge in [-0.2, -0.15) is 0 Å². The van der Waals surface area contributed by atoms with E-state index in [1.54, 1.807) is 20.8 Å².